The molecule has 7 nitrogen and oxygen atoms in total. The molecule has 3 aromatic heterocycles. The number of nitrogens with one attached hydrogen (secondary N) is 2. The molecule has 4 heterocycles. The van der Waals surface area contributed by atoms with E-state index in [1.807, 2.05) is 12.3 Å². The van der Waals surface area contributed by atoms with Crippen LogP contribution in [0.2, 0.25) is 0 Å². The Morgan fingerprint density at radius 3 is 2.62 bits per heavy atom. The Hall–Kier alpha value is -3.11. The number of nitrogens with zero attached hydrogens (tertiary/aromatic N) is 4. The number of hydrogen-bond acceptors (Lipinski definition) is 7. The zero-order valence-electron chi connectivity index (χ0n) is 15.3. The maximum atomic E-state index is 13.7. The Labute approximate surface area is 169 Å². The molecule has 4 rings (SSSR count). The van der Waals surface area contributed by atoms with Crippen molar-refractivity contribution >= 4 is 28.6 Å². The second-order valence-electron chi connectivity index (χ2n) is 6.42. The molecule has 148 valence electrons. The van der Waals surface area contributed by atoms with Crippen molar-refractivity contribution in [1.82, 2.24) is 25.3 Å². The van der Waals surface area contributed by atoms with Gasteiger partial charge in [-0.05, 0) is 19.9 Å². The first kappa shape index (κ1) is 19.2. The molecule has 1 amide bonds. The van der Waals surface area contributed by atoms with Gasteiger partial charge in [0.25, 0.3) is 5.91 Å². The monoisotopic (exact) mass is 414 g/mol. The molecule has 1 aliphatic heterocycles. The molecular formula is C19H16F2N6OS. The van der Waals surface area contributed by atoms with Gasteiger partial charge in [0.15, 0.2) is 17.5 Å². The highest BCUT2D eigenvalue weighted by Crippen LogP contribution is 2.36. The smallest absolute Gasteiger partial charge is 0.262 e. The predicted octanol–water partition coefficient (Wildman–Crippen LogP) is 3.37. The molecule has 3 aromatic rings. The Bertz CT molecular complexity index is 1050. The summed E-state index contributed by atoms with van der Waals surface area (Å²) >= 11 is 1.55. The number of halogens is 2. The summed E-state index contributed by atoms with van der Waals surface area (Å²) in [6.45, 7) is 2.88. The summed E-state index contributed by atoms with van der Waals surface area (Å²) in [5.41, 5.74) is 2.10. The molecule has 0 saturated carbocycles. The molecule has 0 aromatic carbocycles. The van der Waals surface area contributed by atoms with E-state index in [1.54, 1.807) is 17.5 Å². The van der Waals surface area contributed by atoms with Crippen LogP contribution in [0.1, 0.15) is 40.4 Å². The lowest BCUT2D eigenvalue weighted by molar-refractivity contribution is 0.101. The molecule has 1 unspecified atom stereocenters. The van der Waals surface area contributed by atoms with Gasteiger partial charge in [0.05, 0.1) is 36.5 Å². The zero-order valence-corrected chi connectivity index (χ0v) is 16.1. The lowest BCUT2D eigenvalue weighted by Crippen LogP contribution is -2.29. The summed E-state index contributed by atoms with van der Waals surface area (Å²) in [7, 11) is 0. The minimum Gasteiger partial charge on any atom is -0.305 e. The lowest BCUT2D eigenvalue weighted by Gasteiger charge is -2.27. The lowest BCUT2D eigenvalue weighted by atomic mass is 9.93. The zero-order chi connectivity index (χ0) is 20.4. The molecule has 10 heteroatoms. The van der Waals surface area contributed by atoms with Crippen molar-refractivity contribution in [2.45, 2.75) is 19.4 Å². The normalized spacial score (nSPS) is 16.7. The van der Waals surface area contributed by atoms with E-state index >= 15 is 0 Å². The number of thiazole rings is 1. The van der Waals surface area contributed by atoms with Gasteiger partial charge in [-0.2, -0.15) is 0 Å². The highest BCUT2D eigenvalue weighted by Gasteiger charge is 2.27. The maximum absolute atomic E-state index is 13.7. The summed E-state index contributed by atoms with van der Waals surface area (Å²) in [6, 6.07) is -0.0847. The van der Waals surface area contributed by atoms with E-state index in [0.29, 0.717) is 5.69 Å². The van der Waals surface area contributed by atoms with Crippen LogP contribution in [-0.2, 0) is 0 Å². The third-order valence-corrected chi connectivity index (χ3v) is 5.39. The Kier molecular flexibility index (Phi) is 5.36. The molecule has 0 radical (unpaired) electrons. The van der Waals surface area contributed by atoms with Crippen LogP contribution in [0.5, 0.6) is 0 Å². The molecule has 0 saturated heterocycles. The van der Waals surface area contributed by atoms with Crippen molar-refractivity contribution in [3.63, 3.8) is 0 Å². The number of carbonyl (C=O) groups is 1. The molecule has 29 heavy (non-hydrogen) atoms. The fourth-order valence-electron chi connectivity index (χ4n) is 3.18. The van der Waals surface area contributed by atoms with Crippen LogP contribution in [0.15, 0.2) is 41.9 Å². The molecule has 1 atom stereocenters. The van der Waals surface area contributed by atoms with E-state index in [2.05, 4.69) is 30.6 Å². The second kappa shape index (κ2) is 8.10. The minimum absolute atomic E-state index is 0.0847. The third kappa shape index (κ3) is 3.89. The first-order valence-corrected chi connectivity index (χ1v) is 9.67. The van der Waals surface area contributed by atoms with Gasteiger partial charge in [0.2, 0.25) is 0 Å². The van der Waals surface area contributed by atoms with E-state index in [1.165, 1.54) is 18.0 Å². The average molecular weight is 414 g/mol. The SMILES string of the molecule is CC1=C(c2cnc(NC(=O)c3c(F)cncc3F)cn2)C(c2nccs2)NCC1. The molecule has 0 aliphatic carbocycles. The van der Waals surface area contributed by atoms with Crippen LogP contribution in [0.4, 0.5) is 14.6 Å². The van der Waals surface area contributed by atoms with Gasteiger partial charge in [-0.15, -0.1) is 11.3 Å². The molecule has 0 fully saturated rings. The number of hydrogen-bond donors (Lipinski definition) is 2. The molecule has 1 aliphatic rings. The minimum atomic E-state index is -1.05. The summed E-state index contributed by atoms with van der Waals surface area (Å²) in [5, 5.41) is 8.65. The molecule has 0 bridgehead atoms. The van der Waals surface area contributed by atoms with Crippen molar-refractivity contribution in [2.24, 2.45) is 0 Å². The summed E-state index contributed by atoms with van der Waals surface area (Å²) in [4.78, 5) is 28.5. The number of carbonyl (C=O) groups excluding carboxylic acids is 1. The van der Waals surface area contributed by atoms with Crippen molar-refractivity contribution in [1.29, 1.82) is 0 Å². The first-order chi connectivity index (χ1) is 14.0. The fraction of sp³-hybridized carbons (Fsp3) is 0.211. The Morgan fingerprint density at radius 2 is 1.97 bits per heavy atom. The number of aromatic nitrogens is 4. The van der Waals surface area contributed by atoms with E-state index < -0.39 is 23.1 Å². The van der Waals surface area contributed by atoms with E-state index in [9.17, 15) is 13.6 Å². The summed E-state index contributed by atoms with van der Waals surface area (Å²) < 4.78 is 27.4. The fourth-order valence-corrected chi connectivity index (χ4v) is 3.90. The van der Waals surface area contributed by atoms with Gasteiger partial charge < -0.3 is 10.6 Å². The summed E-state index contributed by atoms with van der Waals surface area (Å²) in [6.07, 6.45) is 7.07. The largest absolute Gasteiger partial charge is 0.305 e. The van der Waals surface area contributed by atoms with E-state index in [4.69, 9.17) is 0 Å². The van der Waals surface area contributed by atoms with Gasteiger partial charge in [-0.3, -0.25) is 14.8 Å². The van der Waals surface area contributed by atoms with Gasteiger partial charge >= 0.3 is 0 Å². The Balaban J connectivity index is 1.58. The van der Waals surface area contributed by atoms with Gasteiger partial charge in [0.1, 0.15) is 10.6 Å². The highest BCUT2D eigenvalue weighted by atomic mass is 32.1. The molecular weight excluding hydrogens is 398 g/mol. The van der Waals surface area contributed by atoms with Crippen molar-refractivity contribution < 1.29 is 13.6 Å². The topological polar surface area (TPSA) is 92.7 Å². The number of anilines is 1. The molecule has 0 spiro atoms. The molecule has 2 N–H and O–H groups in total. The van der Waals surface area contributed by atoms with Crippen molar-refractivity contribution in [3.8, 4) is 0 Å². The average Bonchev–Trinajstić information content (AvgIpc) is 3.23. The second-order valence-corrected chi connectivity index (χ2v) is 7.35. The quantitative estimate of drug-likeness (QED) is 0.680. The Morgan fingerprint density at radius 1 is 1.17 bits per heavy atom. The van der Waals surface area contributed by atoms with Crippen LogP contribution in [-0.4, -0.2) is 32.4 Å². The predicted molar refractivity (Wildman–Crippen MR) is 104 cm³/mol. The third-order valence-electron chi connectivity index (χ3n) is 4.55. The number of rotatable bonds is 4. The summed E-state index contributed by atoms with van der Waals surface area (Å²) in [5.74, 6) is -2.97. The van der Waals surface area contributed by atoms with Gasteiger partial charge in [-0.25, -0.2) is 18.7 Å². The van der Waals surface area contributed by atoms with Crippen LogP contribution >= 0.6 is 11.3 Å². The first-order valence-electron chi connectivity index (χ1n) is 8.79. The van der Waals surface area contributed by atoms with Gasteiger partial charge in [0, 0.05) is 17.2 Å². The van der Waals surface area contributed by atoms with Crippen LogP contribution in [0.3, 0.4) is 0 Å². The maximum Gasteiger partial charge on any atom is 0.262 e. The van der Waals surface area contributed by atoms with Crippen LogP contribution in [0, 0.1) is 11.6 Å². The van der Waals surface area contributed by atoms with Crippen LogP contribution in [0.25, 0.3) is 5.57 Å². The highest BCUT2D eigenvalue weighted by molar-refractivity contribution is 7.09. The standard InChI is InChI=1S/C19H16F2N6OS/c1-10-2-3-23-17(19-24-4-5-29-19)15(10)13-8-26-14(9-25-13)27-18(28)16-11(20)6-22-7-12(16)21/h4-9,17,23H,2-3H2,1H3,(H,26,27,28). The van der Waals surface area contributed by atoms with Crippen LogP contribution < -0.4 is 10.6 Å². The van der Waals surface area contributed by atoms with Crippen molar-refractivity contribution in [2.75, 3.05) is 11.9 Å². The number of pyridine rings is 1. The van der Waals surface area contributed by atoms with E-state index in [-0.39, 0.29) is 11.9 Å². The van der Waals surface area contributed by atoms with Crippen molar-refractivity contribution in [3.05, 3.63) is 69.8 Å². The number of amides is 1. The van der Waals surface area contributed by atoms with E-state index in [0.717, 1.165) is 35.9 Å². The van der Waals surface area contributed by atoms with Gasteiger partial charge in [-0.1, -0.05) is 5.57 Å².